The van der Waals surface area contributed by atoms with Crippen LogP contribution in [-0.4, -0.2) is 0 Å². The molecule has 1 aromatic carbocycles. The Morgan fingerprint density at radius 1 is 1.17 bits per heavy atom. The van der Waals surface area contributed by atoms with E-state index in [1.54, 1.807) is 0 Å². The number of benzene rings is 1. The molecule has 1 aromatic rings. The monoisotopic (exact) mass is 179 g/mol. The standard InChI is InChI=1S/C7H3F4O/c8-5-3-1-2-4(6(5)12)7(9,10)11/h1-3H. The Morgan fingerprint density at radius 2 is 1.75 bits per heavy atom. The van der Waals surface area contributed by atoms with Gasteiger partial charge in [-0.25, -0.2) is 4.39 Å². The van der Waals surface area contributed by atoms with Crippen LogP contribution < -0.4 is 0 Å². The topological polar surface area (TPSA) is 19.9 Å². The van der Waals surface area contributed by atoms with E-state index in [1.165, 1.54) is 0 Å². The summed E-state index contributed by atoms with van der Waals surface area (Å²) in [5.41, 5.74) is -1.47. The van der Waals surface area contributed by atoms with E-state index in [4.69, 9.17) is 0 Å². The molecule has 0 saturated carbocycles. The smallest absolute Gasteiger partial charge is 0.286 e. The van der Waals surface area contributed by atoms with Crippen LogP contribution in [0, 0.1) is 5.82 Å². The van der Waals surface area contributed by atoms with Crippen LogP contribution in [0.5, 0.6) is 5.75 Å². The van der Waals surface area contributed by atoms with Gasteiger partial charge in [0.05, 0.1) is 0 Å². The van der Waals surface area contributed by atoms with E-state index >= 15 is 0 Å². The van der Waals surface area contributed by atoms with Crippen LogP contribution >= 0.6 is 0 Å². The molecule has 65 valence electrons. The summed E-state index contributed by atoms with van der Waals surface area (Å²) in [5, 5.41) is 10.5. The fraction of sp³-hybridized carbons (Fsp3) is 0.143. The first-order chi connectivity index (χ1) is 5.43. The van der Waals surface area contributed by atoms with Crippen molar-refractivity contribution in [3.05, 3.63) is 29.6 Å². The van der Waals surface area contributed by atoms with Gasteiger partial charge in [-0.1, -0.05) is 6.07 Å². The van der Waals surface area contributed by atoms with Gasteiger partial charge in [0.25, 0.3) is 0 Å². The van der Waals surface area contributed by atoms with Crippen LogP contribution in [0.1, 0.15) is 5.56 Å². The lowest BCUT2D eigenvalue weighted by Crippen LogP contribution is -2.05. The van der Waals surface area contributed by atoms with Crippen LogP contribution in [-0.2, 0) is 11.3 Å². The van der Waals surface area contributed by atoms with Gasteiger partial charge in [0.15, 0.2) is 5.82 Å². The third-order valence-corrected chi connectivity index (χ3v) is 1.27. The van der Waals surface area contributed by atoms with Gasteiger partial charge in [0.2, 0.25) is 5.75 Å². The lowest BCUT2D eigenvalue weighted by molar-refractivity contribution is -0.139. The summed E-state index contributed by atoms with van der Waals surface area (Å²) < 4.78 is 47.9. The van der Waals surface area contributed by atoms with Crippen LogP contribution in [0.3, 0.4) is 0 Å². The van der Waals surface area contributed by atoms with Crippen molar-refractivity contribution in [1.29, 1.82) is 0 Å². The van der Waals surface area contributed by atoms with Gasteiger partial charge in [-0.05, 0) is 12.1 Å². The first kappa shape index (κ1) is 8.83. The predicted molar refractivity (Wildman–Crippen MR) is 31.5 cm³/mol. The normalized spacial score (nSPS) is 11.7. The number of hydrogen-bond donors (Lipinski definition) is 0. The Balaban J connectivity index is 3.26. The number of rotatable bonds is 0. The number of alkyl halides is 3. The maximum Gasteiger partial charge on any atom is 0.420 e. The van der Waals surface area contributed by atoms with Gasteiger partial charge >= 0.3 is 6.18 Å². The Kier molecular flexibility index (Phi) is 1.95. The molecule has 0 atom stereocenters. The summed E-state index contributed by atoms with van der Waals surface area (Å²) in [6, 6.07) is 2.09. The molecule has 0 bridgehead atoms. The second-order valence-electron chi connectivity index (χ2n) is 2.11. The summed E-state index contributed by atoms with van der Waals surface area (Å²) in [4.78, 5) is 0. The van der Waals surface area contributed by atoms with Crippen LogP contribution in [0.25, 0.3) is 0 Å². The molecule has 12 heavy (non-hydrogen) atoms. The molecule has 0 aliphatic rings. The quantitative estimate of drug-likeness (QED) is 0.545. The highest BCUT2D eigenvalue weighted by Crippen LogP contribution is 2.36. The zero-order valence-electron chi connectivity index (χ0n) is 5.65. The average molecular weight is 179 g/mol. The number of halogens is 4. The molecule has 0 unspecified atom stereocenters. The van der Waals surface area contributed by atoms with E-state index in [0.29, 0.717) is 12.1 Å². The lowest BCUT2D eigenvalue weighted by Gasteiger charge is -2.06. The third-order valence-electron chi connectivity index (χ3n) is 1.27. The van der Waals surface area contributed by atoms with Crippen molar-refractivity contribution in [2.45, 2.75) is 6.18 Å². The van der Waals surface area contributed by atoms with Crippen molar-refractivity contribution in [3.63, 3.8) is 0 Å². The van der Waals surface area contributed by atoms with Crippen molar-refractivity contribution in [3.8, 4) is 5.75 Å². The summed E-state index contributed by atoms with van der Waals surface area (Å²) in [6.07, 6.45) is -4.78. The van der Waals surface area contributed by atoms with Crippen molar-refractivity contribution >= 4 is 0 Å². The second kappa shape index (κ2) is 2.66. The zero-order chi connectivity index (χ0) is 9.35. The van der Waals surface area contributed by atoms with Crippen LogP contribution in [0.4, 0.5) is 17.6 Å². The maximum absolute atomic E-state index is 12.3. The molecule has 0 spiro atoms. The SMILES string of the molecule is [O]c1c(F)cccc1C(F)(F)F. The summed E-state index contributed by atoms with van der Waals surface area (Å²) in [7, 11) is 0. The third kappa shape index (κ3) is 1.49. The van der Waals surface area contributed by atoms with E-state index in [9.17, 15) is 22.7 Å². The van der Waals surface area contributed by atoms with Gasteiger partial charge in [-0.15, -0.1) is 0 Å². The maximum atomic E-state index is 12.3. The number of hydrogen-bond acceptors (Lipinski definition) is 0. The fourth-order valence-electron chi connectivity index (χ4n) is 0.732. The molecule has 0 fully saturated rings. The van der Waals surface area contributed by atoms with Crippen molar-refractivity contribution < 1.29 is 22.7 Å². The summed E-state index contributed by atoms with van der Waals surface area (Å²) >= 11 is 0. The Labute approximate surface area is 65.3 Å². The van der Waals surface area contributed by atoms with Gasteiger partial charge in [0, 0.05) is 0 Å². The summed E-state index contributed by atoms with van der Waals surface area (Å²) in [6.45, 7) is 0. The molecular weight excluding hydrogens is 176 g/mol. The van der Waals surface area contributed by atoms with Crippen LogP contribution in [0.15, 0.2) is 18.2 Å². The predicted octanol–water partition coefficient (Wildman–Crippen LogP) is 2.99. The highest BCUT2D eigenvalue weighted by atomic mass is 19.4. The number of para-hydroxylation sites is 1. The largest absolute Gasteiger partial charge is 0.420 e. The lowest BCUT2D eigenvalue weighted by atomic mass is 10.2. The molecule has 1 nitrogen and oxygen atoms in total. The molecular formula is C7H3F4O. The van der Waals surface area contributed by atoms with Crippen molar-refractivity contribution in [1.82, 2.24) is 0 Å². The molecule has 5 heteroatoms. The average Bonchev–Trinajstić information content (AvgIpc) is 1.92. The van der Waals surface area contributed by atoms with Gasteiger partial charge in [-0.2, -0.15) is 13.2 Å². The Hall–Kier alpha value is -1.26. The zero-order valence-corrected chi connectivity index (χ0v) is 5.65. The van der Waals surface area contributed by atoms with E-state index in [2.05, 4.69) is 0 Å². The van der Waals surface area contributed by atoms with Crippen molar-refractivity contribution in [2.24, 2.45) is 0 Å². The highest BCUT2D eigenvalue weighted by Gasteiger charge is 2.35. The second-order valence-corrected chi connectivity index (χ2v) is 2.11. The molecule has 0 aliphatic carbocycles. The first-order valence-corrected chi connectivity index (χ1v) is 2.95. The van der Waals surface area contributed by atoms with Gasteiger partial charge in [-0.3, -0.25) is 5.11 Å². The molecule has 1 radical (unpaired) electrons. The Bertz CT molecular complexity index is 292. The van der Waals surface area contributed by atoms with E-state index in [-0.39, 0.29) is 0 Å². The Morgan fingerprint density at radius 3 is 2.17 bits per heavy atom. The molecule has 0 N–H and O–H groups in total. The highest BCUT2D eigenvalue weighted by molar-refractivity contribution is 5.35. The minimum Gasteiger partial charge on any atom is -0.286 e. The molecule has 0 amide bonds. The van der Waals surface area contributed by atoms with E-state index in [1.807, 2.05) is 0 Å². The van der Waals surface area contributed by atoms with Gasteiger partial charge in [0.1, 0.15) is 5.56 Å². The fourth-order valence-corrected chi connectivity index (χ4v) is 0.732. The van der Waals surface area contributed by atoms with E-state index in [0.717, 1.165) is 6.07 Å². The molecule has 0 aliphatic heterocycles. The minimum absolute atomic E-state index is 0.547. The van der Waals surface area contributed by atoms with Crippen molar-refractivity contribution in [2.75, 3.05) is 0 Å². The minimum atomic E-state index is -4.78. The molecule has 1 rings (SSSR count). The molecule has 0 aromatic heterocycles. The molecule has 0 heterocycles. The first-order valence-electron chi connectivity index (χ1n) is 2.95. The van der Waals surface area contributed by atoms with E-state index < -0.39 is 23.3 Å². The molecule has 0 saturated heterocycles. The van der Waals surface area contributed by atoms with Crippen LogP contribution in [0.2, 0.25) is 0 Å². The van der Waals surface area contributed by atoms with Gasteiger partial charge < -0.3 is 0 Å². The summed E-state index contributed by atoms with van der Waals surface area (Å²) in [5.74, 6) is -2.99.